The van der Waals surface area contributed by atoms with Gasteiger partial charge in [-0.25, -0.2) is 4.39 Å². The van der Waals surface area contributed by atoms with Gasteiger partial charge in [0.1, 0.15) is 5.82 Å². The van der Waals surface area contributed by atoms with E-state index in [-0.39, 0.29) is 23.6 Å². The quantitative estimate of drug-likeness (QED) is 0.909. The van der Waals surface area contributed by atoms with Gasteiger partial charge in [-0.3, -0.25) is 4.79 Å². The van der Waals surface area contributed by atoms with Gasteiger partial charge in [0.15, 0.2) is 0 Å². The third-order valence-corrected chi connectivity index (χ3v) is 3.62. The summed E-state index contributed by atoms with van der Waals surface area (Å²) in [7, 11) is 0. The van der Waals surface area contributed by atoms with Crippen molar-refractivity contribution in [1.82, 2.24) is 5.32 Å². The molecule has 0 fully saturated rings. The number of carbonyl (C=O) groups is 1. The Bertz CT molecular complexity index is 641. The Hall–Kier alpha value is -2.16. The molecule has 2 aromatic carbocycles. The summed E-state index contributed by atoms with van der Waals surface area (Å²) in [6.45, 7) is 6.95. The fraction of sp³-hybridized carbons (Fsp3) is 0.316. The fourth-order valence-corrected chi connectivity index (χ4v) is 2.20. The molecule has 2 rings (SSSR count). The molecule has 0 saturated carbocycles. The fourth-order valence-electron chi connectivity index (χ4n) is 2.20. The highest BCUT2D eigenvalue weighted by atomic mass is 19.1. The molecule has 2 nitrogen and oxygen atoms in total. The highest BCUT2D eigenvalue weighted by Gasteiger charge is 2.13. The molecule has 1 amide bonds. The summed E-state index contributed by atoms with van der Waals surface area (Å²) < 4.78 is 13.5. The molecule has 0 bridgehead atoms. The summed E-state index contributed by atoms with van der Waals surface area (Å²) in [5, 5.41) is 2.83. The lowest BCUT2D eigenvalue weighted by atomic mass is 9.87. The molecule has 0 spiro atoms. The highest BCUT2D eigenvalue weighted by molar-refractivity contribution is 5.78. The minimum absolute atomic E-state index is 0.0623. The maximum Gasteiger partial charge on any atom is 0.224 e. The zero-order chi connectivity index (χ0) is 16.2. The van der Waals surface area contributed by atoms with Gasteiger partial charge in [-0.15, -0.1) is 0 Å². The van der Waals surface area contributed by atoms with Gasteiger partial charge >= 0.3 is 0 Å². The summed E-state index contributed by atoms with van der Waals surface area (Å²) in [4.78, 5) is 11.9. The average molecular weight is 299 g/mol. The van der Waals surface area contributed by atoms with Gasteiger partial charge < -0.3 is 5.32 Å². The van der Waals surface area contributed by atoms with Gasteiger partial charge in [-0.05, 0) is 28.2 Å². The summed E-state index contributed by atoms with van der Waals surface area (Å²) in [5.41, 5.74) is 2.83. The predicted molar refractivity (Wildman–Crippen MR) is 87.1 cm³/mol. The van der Waals surface area contributed by atoms with Crippen LogP contribution in [0.3, 0.4) is 0 Å². The van der Waals surface area contributed by atoms with E-state index in [0.717, 1.165) is 5.56 Å². The average Bonchev–Trinajstić information content (AvgIpc) is 2.47. The van der Waals surface area contributed by atoms with Crippen LogP contribution in [0, 0.1) is 5.82 Å². The van der Waals surface area contributed by atoms with Crippen molar-refractivity contribution in [3.63, 3.8) is 0 Å². The van der Waals surface area contributed by atoms with E-state index in [4.69, 9.17) is 0 Å². The van der Waals surface area contributed by atoms with Gasteiger partial charge in [0.25, 0.3) is 0 Å². The first-order chi connectivity index (χ1) is 10.4. The standard InChI is InChI=1S/C19H22FNO/c1-19(2,3)16-10-8-14(9-11-16)13-21-18(22)12-15-6-4-5-7-17(15)20/h4-11H,12-13H2,1-3H3,(H,21,22). The molecule has 3 heteroatoms. The topological polar surface area (TPSA) is 29.1 Å². The Morgan fingerprint density at radius 3 is 2.27 bits per heavy atom. The Kier molecular flexibility index (Phi) is 4.96. The number of carbonyl (C=O) groups excluding carboxylic acids is 1. The molecule has 0 aromatic heterocycles. The van der Waals surface area contributed by atoms with Crippen LogP contribution in [0.4, 0.5) is 4.39 Å². The van der Waals surface area contributed by atoms with Crippen LogP contribution < -0.4 is 5.32 Å². The zero-order valence-electron chi connectivity index (χ0n) is 13.3. The van der Waals surface area contributed by atoms with Crippen molar-refractivity contribution >= 4 is 5.91 Å². The molecule has 0 aliphatic heterocycles. The molecule has 0 radical (unpaired) electrons. The summed E-state index contributed by atoms with van der Waals surface area (Å²) in [5.74, 6) is -0.517. The Morgan fingerprint density at radius 2 is 1.68 bits per heavy atom. The number of halogens is 1. The summed E-state index contributed by atoms with van der Waals surface area (Å²) in [6, 6.07) is 14.6. The molecular weight excluding hydrogens is 277 g/mol. The lowest BCUT2D eigenvalue weighted by molar-refractivity contribution is -0.120. The monoisotopic (exact) mass is 299 g/mol. The lowest BCUT2D eigenvalue weighted by Crippen LogP contribution is -2.25. The molecule has 0 heterocycles. The first-order valence-corrected chi connectivity index (χ1v) is 7.46. The first kappa shape index (κ1) is 16.2. The number of nitrogens with one attached hydrogen (secondary N) is 1. The van der Waals surface area contributed by atoms with Crippen molar-refractivity contribution in [2.75, 3.05) is 0 Å². The Labute approximate surface area is 131 Å². The van der Waals surface area contributed by atoms with Crippen LogP contribution >= 0.6 is 0 Å². The van der Waals surface area contributed by atoms with Crippen molar-refractivity contribution in [3.8, 4) is 0 Å². The number of benzene rings is 2. The van der Waals surface area contributed by atoms with E-state index in [2.05, 4.69) is 38.2 Å². The normalized spacial score (nSPS) is 11.3. The molecule has 0 aliphatic carbocycles. The molecule has 0 saturated heterocycles. The molecule has 1 N–H and O–H groups in total. The van der Waals surface area contributed by atoms with E-state index in [0.29, 0.717) is 12.1 Å². The number of amides is 1. The van der Waals surface area contributed by atoms with E-state index >= 15 is 0 Å². The molecule has 2 aromatic rings. The van der Waals surface area contributed by atoms with Gasteiger partial charge in [0.05, 0.1) is 6.42 Å². The van der Waals surface area contributed by atoms with Crippen molar-refractivity contribution in [3.05, 3.63) is 71.0 Å². The predicted octanol–water partition coefficient (Wildman–Crippen LogP) is 3.98. The molecule has 0 unspecified atom stereocenters. The number of rotatable bonds is 4. The third-order valence-electron chi connectivity index (χ3n) is 3.62. The van der Waals surface area contributed by atoms with Crippen molar-refractivity contribution in [1.29, 1.82) is 0 Å². The second-order valence-electron chi connectivity index (χ2n) is 6.49. The lowest BCUT2D eigenvalue weighted by Gasteiger charge is -2.19. The van der Waals surface area contributed by atoms with E-state index < -0.39 is 0 Å². The smallest absolute Gasteiger partial charge is 0.224 e. The number of hydrogen-bond acceptors (Lipinski definition) is 1. The third kappa shape index (κ3) is 4.42. The van der Waals surface area contributed by atoms with Crippen LogP contribution in [0.15, 0.2) is 48.5 Å². The Morgan fingerprint density at radius 1 is 1.05 bits per heavy atom. The summed E-state index contributed by atoms with van der Waals surface area (Å²) in [6.07, 6.45) is 0.0623. The maximum absolute atomic E-state index is 13.5. The summed E-state index contributed by atoms with van der Waals surface area (Å²) >= 11 is 0. The van der Waals surface area contributed by atoms with Crippen molar-refractivity contribution in [2.45, 2.75) is 39.2 Å². The second-order valence-corrected chi connectivity index (χ2v) is 6.49. The van der Waals surface area contributed by atoms with Gasteiger partial charge in [-0.1, -0.05) is 63.2 Å². The van der Waals surface area contributed by atoms with Crippen molar-refractivity contribution < 1.29 is 9.18 Å². The van der Waals surface area contributed by atoms with E-state index in [1.54, 1.807) is 18.2 Å². The van der Waals surface area contributed by atoms with Gasteiger partial charge in [-0.2, -0.15) is 0 Å². The van der Waals surface area contributed by atoms with Crippen molar-refractivity contribution in [2.24, 2.45) is 0 Å². The SMILES string of the molecule is CC(C)(C)c1ccc(CNC(=O)Cc2ccccc2F)cc1. The highest BCUT2D eigenvalue weighted by Crippen LogP contribution is 2.22. The van der Waals surface area contributed by atoms with Crippen LogP contribution in [0.1, 0.15) is 37.5 Å². The van der Waals surface area contributed by atoms with E-state index in [9.17, 15) is 9.18 Å². The minimum Gasteiger partial charge on any atom is -0.352 e. The molecule has 116 valence electrons. The van der Waals surface area contributed by atoms with Gasteiger partial charge in [0.2, 0.25) is 5.91 Å². The van der Waals surface area contributed by atoms with Crippen LogP contribution in [-0.2, 0) is 23.2 Å². The molecule has 0 aliphatic rings. The maximum atomic E-state index is 13.5. The van der Waals surface area contributed by atoms with E-state index in [1.807, 2.05) is 12.1 Å². The molecular formula is C19H22FNO. The number of hydrogen-bond donors (Lipinski definition) is 1. The minimum atomic E-state index is -0.341. The van der Waals surface area contributed by atoms with Crippen LogP contribution in [0.5, 0.6) is 0 Å². The Balaban J connectivity index is 1.90. The molecule has 0 atom stereocenters. The second kappa shape index (κ2) is 6.73. The van der Waals surface area contributed by atoms with Gasteiger partial charge in [0, 0.05) is 6.54 Å². The first-order valence-electron chi connectivity index (χ1n) is 7.46. The largest absolute Gasteiger partial charge is 0.352 e. The van der Waals surface area contributed by atoms with Crippen LogP contribution in [-0.4, -0.2) is 5.91 Å². The van der Waals surface area contributed by atoms with E-state index in [1.165, 1.54) is 11.6 Å². The van der Waals surface area contributed by atoms with Crippen LogP contribution in [0.25, 0.3) is 0 Å². The molecule has 22 heavy (non-hydrogen) atoms. The van der Waals surface area contributed by atoms with Crippen LogP contribution in [0.2, 0.25) is 0 Å². The zero-order valence-corrected chi connectivity index (χ0v) is 13.3.